The van der Waals surface area contributed by atoms with Crippen LogP contribution in [-0.4, -0.2) is 24.0 Å². The summed E-state index contributed by atoms with van der Waals surface area (Å²) in [4.78, 5) is 23.1. The molecule has 2 rings (SSSR count). The van der Waals surface area contributed by atoms with Crippen molar-refractivity contribution in [2.24, 2.45) is 0 Å². The molecule has 0 aliphatic heterocycles. The molecule has 0 radical (unpaired) electrons. The summed E-state index contributed by atoms with van der Waals surface area (Å²) in [7, 11) is 0. The normalized spacial score (nSPS) is 10.2. The van der Waals surface area contributed by atoms with Crippen LogP contribution in [0.5, 0.6) is 0 Å². The van der Waals surface area contributed by atoms with Crippen molar-refractivity contribution in [1.82, 2.24) is 0 Å². The fourth-order valence-electron chi connectivity index (χ4n) is 1.90. The van der Waals surface area contributed by atoms with Gasteiger partial charge in [0.15, 0.2) is 0 Å². The Bertz CT molecular complexity index is 575. The van der Waals surface area contributed by atoms with E-state index in [1.165, 1.54) is 4.90 Å². The standard InChI is InChI=1S/C14H13NO3/c16-10-15(9-8-14(17)18)13-7-3-5-11-4-1-2-6-12(11)13/h1-7,10H,8-9H2,(H,17,18). The van der Waals surface area contributed by atoms with Gasteiger partial charge >= 0.3 is 5.97 Å². The van der Waals surface area contributed by atoms with E-state index in [4.69, 9.17) is 5.11 Å². The van der Waals surface area contributed by atoms with Crippen LogP contribution in [0.1, 0.15) is 6.42 Å². The molecule has 0 aliphatic rings. The summed E-state index contributed by atoms with van der Waals surface area (Å²) in [5, 5.41) is 10.6. The number of carboxylic acid groups (broad SMARTS) is 1. The number of fused-ring (bicyclic) bond motifs is 1. The van der Waals surface area contributed by atoms with Crippen molar-refractivity contribution >= 4 is 28.8 Å². The fourth-order valence-corrected chi connectivity index (χ4v) is 1.90. The summed E-state index contributed by atoms with van der Waals surface area (Å²) in [5.74, 6) is -0.915. The number of amides is 1. The van der Waals surface area contributed by atoms with Crippen LogP contribution in [0.15, 0.2) is 42.5 Å². The van der Waals surface area contributed by atoms with Crippen LogP contribution >= 0.6 is 0 Å². The van der Waals surface area contributed by atoms with Gasteiger partial charge in [-0.25, -0.2) is 0 Å². The van der Waals surface area contributed by atoms with Gasteiger partial charge in [-0.3, -0.25) is 9.59 Å². The minimum atomic E-state index is -0.915. The molecular formula is C14H13NO3. The summed E-state index contributed by atoms with van der Waals surface area (Å²) in [6.07, 6.45) is 0.604. The first-order valence-electron chi connectivity index (χ1n) is 5.64. The minimum absolute atomic E-state index is 0.0675. The zero-order chi connectivity index (χ0) is 13.0. The number of hydrogen-bond donors (Lipinski definition) is 1. The van der Waals surface area contributed by atoms with Crippen molar-refractivity contribution in [3.8, 4) is 0 Å². The van der Waals surface area contributed by atoms with Gasteiger partial charge < -0.3 is 10.0 Å². The molecule has 0 saturated heterocycles. The Balaban J connectivity index is 2.38. The number of carbonyl (C=O) groups excluding carboxylic acids is 1. The van der Waals surface area contributed by atoms with Crippen LogP contribution in [0.25, 0.3) is 10.8 Å². The molecule has 92 valence electrons. The van der Waals surface area contributed by atoms with Crippen molar-refractivity contribution in [2.75, 3.05) is 11.4 Å². The number of carbonyl (C=O) groups is 2. The zero-order valence-corrected chi connectivity index (χ0v) is 9.74. The van der Waals surface area contributed by atoms with Gasteiger partial charge in [0.25, 0.3) is 0 Å². The largest absolute Gasteiger partial charge is 0.481 e. The van der Waals surface area contributed by atoms with E-state index < -0.39 is 5.97 Å². The lowest BCUT2D eigenvalue weighted by atomic mass is 10.1. The number of carboxylic acids is 1. The molecule has 0 aromatic heterocycles. The number of hydrogen-bond acceptors (Lipinski definition) is 2. The smallest absolute Gasteiger partial charge is 0.305 e. The number of anilines is 1. The molecule has 1 N–H and O–H groups in total. The first-order valence-corrected chi connectivity index (χ1v) is 5.64. The molecule has 0 fully saturated rings. The highest BCUT2D eigenvalue weighted by Gasteiger charge is 2.10. The summed E-state index contributed by atoms with van der Waals surface area (Å²) in [6.45, 7) is 0.173. The van der Waals surface area contributed by atoms with Crippen LogP contribution in [0, 0.1) is 0 Å². The third kappa shape index (κ3) is 2.48. The Hall–Kier alpha value is -2.36. The highest BCUT2D eigenvalue weighted by Crippen LogP contribution is 2.25. The molecule has 4 nitrogen and oxygen atoms in total. The molecule has 1 amide bonds. The zero-order valence-electron chi connectivity index (χ0n) is 9.74. The quantitative estimate of drug-likeness (QED) is 0.819. The van der Waals surface area contributed by atoms with Gasteiger partial charge in [-0.15, -0.1) is 0 Å². The number of rotatable bonds is 5. The van der Waals surface area contributed by atoms with E-state index in [1.807, 2.05) is 42.5 Å². The second-order valence-corrected chi connectivity index (χ2v) is 3.94. The third-order valence-corrected chi connectivity index (χ3v) is 2.77. The Morgan fingerprint density at radius 1 is 1.17 bits per heavy atom. The predicted molar refractivity (Wildman–Crippen MR) is 69.6 cm³/mol. The van der Waals surface area contributed by atoms with Crippen molar-refractivity contribution in [3.05, 3.63) is 42.5 Å². The molecule has 2 aromatic rings. The summed E-state index contributed by atoms with van der Waals surface area (Å²) < 4.78 is 0. The van der Waals surface area contributed by atoms with E-state index in [9.17, 15) is 9.59 Å². The second kappa shape index (κ2) is 5.31. The molecule has 0 bridgehead atoms. The van der Waals surface area contributed by atoms with E-state index in [1.54, 1.807) is 0 Å². The molecular weight excluding hydrogens is 230 g/mol. The van der Waals surface area contributed by atoms with Gasteiger partial charge in [-0.2, -0.15) is 0 Å². The molecule has 18 heavy (non-hydrogen) atoms. The van der Waals surface area contributed by atoms with Gasteiger partial charge in [0.1, 0.15) is 0 Å². The maximum absolute atomic E-state index is 11.1. The summed E-state index contributed by atoms with van der Waals surface area (Å²) in [5.41, 5.74) is 0.740. The van der Waals surface area contributed by atoms with Gasteiger partial charge in [-0.1, -0.05) is 36.4 Å². The minimum Gasteiger partial charge on any atom is -0.481 e. The van der Waals surface area contributed by atoms with Gasteiger partial charge in [-0.05, 0) is 11.5 Å². The Labute approximate surface area is 104 Å². The fraction of sp³-hybridized carbons (Fsp3) is 0.143. The van der Waals surface area contributed by atoms with Gasteiger partial charge in [0, 0.05) is 11.9 Å². The highest BCUT2D eigenvalue weighted by atomic mass is 16.4. The number of nitrogens with zero attached hydrogens (tertiary/aromatic N) is 1. The monoisotopic (exact) mass is 243 g/mol. The average molecular weight is 243 g/mol. The van der Waals surface area contributed by atoms with Crippen LogP contribution < -0.4 is 4.90 Å². The van der Waals surface area contributed by atoms with Crippen molar-refractivity contribution in [1.29, 1.82) is 0 Å². The van der Waals surface area contributed by atoms with E-state index in [0.717, 1.165) is 16.5 Å². The molecule has 0 heterocycles. The van der Waals surface area contributed by atoms with Crippen molar-refractivity contribution in [2.45, 2.75) is 6.42 Å². The maximum atomic E-state index is 11.1. The first kappa shape index (κ1) is 12.1. The molecule has 0 atom stereocenters. The number of benzene rings is 2. The molecule has 0 saturated carbocycles. The van der Waals surface area contributed by atoms with E-state index >= 15 is 0 Å². The molecule has 0 spiro atoms. The van der Waals surface area contributed by atoms with Gasteiger partial charge in [0.2, 0.25) is 6.41 Å². The van der Waals surface area contributed by atoms with Crippen molar-refractivity contribution in [3.63, 3.8) is 0 Å². The Morgan fingerprint density at radius 3 is 2.61 bits per heavy atom. The highest BCUT2D eigenvalue weighted by molar-refractivity contribution is 5.98. The molecule has 0 aliphatic carbocycles. The lowest BCUT2D eigenvalue weighted by Crippen LogP contribution is -2.24. The van der Waals surface area contributed by atoms with Crippen LogP contribution in [-0.2, 0) is 9.59 Å². The van der Waals surface area contributed by atoms with Crippen LogP contribution in [0.4, 0.5) is 5.69 Å². The lowest BCUT2D eigenvalue weighted by Gasteiger charge is -2.18. The second-order valence-electron chi connectivity index (χ2n) is 3.94. The average Bonchev–Trinajstić information content (AvgIpc) is 2.39. The predicted octanol–water partition coefficient (Wildman–Crippen LogP) is 2.28. The van der Waals surface area contributed by atoms with E-state index in [-0.39, 0.29) is 13.0 Å². The third-order valence-electron chi connectivity index (χ3n) is 2.77. The van der Waals surface area contributed by atoms with Crippen molar-refractivity contribution < 1.29 is 14.7 Å². The first-order chi connectivity index (χ1) is 8.72. The summed E-state index contributed by atoms with van der Waals surface area (Å²) >= 11 is 0. The summed E-state index contributed by atoms with van der Waals surface area (Å²) in [6, 6.07) is 13.3. The lowest BCUT2D eigenvalue weighted by molar-refractivity contribution is -0.136. The topological polar surface area (TPSA) is 57.6 Å². The maximum Gasteiger partial charge on any atom is 0.305 e. The van der Waals surface area contributed by atoms with E-state index in [0.29, 0.717) is 6.41 Å². The van der Waals surface area contributed by atoms with E-state index in [2.05, 4.69) is 0 Å². The Kier molecular flexibility index (Phi) is 3.57. The SMILES string of the molecule is O=CN(CCC(=O)O)c1cccc2ccccc12. The van der Waals surface area contributed by atoms with Crippen LogP contribution in [0.2, 0.25) is 0 Å². The Morgan fingerprint density at radius 2 is 1.89 bits per heavy atom. The molecule has 4 heteroatoms. The molecule has 0 unspecified atom stereocenters. The van der Waals surface area contributed by atoms with Crippen LogP contribution in [0.3, 0.4) is 0 Å². The molecule has 2 aromatic carbocycles. The van der Waals surface area contributed by atoms with Gasteiger partial charge in [0.05, 0.1) is 12.1 Å². The number of aliphatic carboxylic acids is 1.